The molecule has 0 unspecified atom stereocenters. The lowest BCUT2D eigenvalue weighted by Gasteiger charge is -2.05. The number of hydrogen-bond acceptors (Lipinski definition) is 4. The fourth-order valence-corrected chi connectivity index (χ4v) is 3.96. The molecular weight excluding hydrogens is 367 g/mol. The maximum absolute atomic E-state index is 13.6. The van der Waals surface area contributed by atoms with Crippen LogP contribution in [0.25, 0.3) is 21.2 Å². The molecule has 2 aromatic carbocycles. The number of halogens is 1. The van der Waals surface area contributed by atoms with E-state index in [1.807, 2.05) is 29.7 Å². The van der Waals surface area contributed by atoms with Gasteiger partial charge in [-0.25, -0.2) is 4.39 Å². The summed E-state index contributed by atoms with van der Waals surface area (Å²) in [6, 6.07) is 13.6. The van der Waals surface area contributed by atoms with Gasteiger partial charge >= 0.3 is 5.91 Å². The average molecular weight is 384 g/mol. The van der Waals surface area contributed by atoms with Crippen molar-refractivity contribution in [1.29, 1.82) is 0 Å². The van der Waals surface area contributed by atoms with Crippen molar-refractivity contribution in [1.82, 2.24) is 4.57 Å². The highest BCUT2D eigenvalue weighted by atomic mass is 32.1. The number of hydrogen-bond donors (Lipinski definition) is 0. The minimum Gasteiger partial charge on any atom is -0.451 e. The highest BCUT2D eigenvalue weighted by Gasteiger charge is 2.13. The number of aromatic nitrogens is 1. The number of para-hydroxylation sites is 1. The fraction of sp³-hybridized carbons (Fsp3) is 0.200. The summed E-state index contributed by atoms with van der Waals surface area (Å²) < 4.78 is 27.2. The third kappa shape index (κ3) is 3.56. The maximum Gasteiger partial charge on any atom is 0.315 e. The van der Waals surface area contributed by atoms with Gasteiger partial charge in [0.05, 0.1) is 16.8 Å². The summed E-state index contributed by atoms with van der Waals surface area (Å²) in [4.78, 5) is 17.4. The van der Waals surface area contributed by atoms with Gasteiger partial charge < -0.3 is 13.7 Å². The molecule has 4 aromatic rings. The quantitative estimate of drug-likeness (QED) is 0.480. The van der Waals surface area contributed by atoms with Gasteiger partial charge in [0.1, 0.15) is 11.4 Å². The van der Waals surface area contributed by atoms with E-state index in [-0.39, 0.29) is 11.6 Å². The molecule has 1 amide bonds. The van der Waals surface area contributed by atoms with E-state index in [1.54, 1.807) is 18.2 Å². The summed E-state index contributed by atoms with van der Waals surface area (Å²) >= 11 is 1.26. The van der Waals surface area contributed by atoms with E-state index >= 15 is 0 Å². The van der Waals surface area contributed by atoms with Crippen molar-refractivity contribution in [2.45, 2.75) is 13.5 Å². The Morgan fingerprint density at radius 2 is 2.11 bits per heavy atom. The molecule has 0 aliphatic heterocycles. The predicted octanol–water partition coefficient (Wildman–Crippen LogP) is 4.37. The topological polar surface area (TPSA) is 56.7 Å². The minimum atomic E-state index is -0.469. The first-order valence-corrected chi connectivity index (χ1v) is 9.41. The molecule has 2 aromatic heterocycles. The molecule has 0 bridgehead atoms. The molecule has 0 N–H and O–H groups in total. The van der Waals surface area contributed by atoms with Gasteiger partial charge in [-0.3, -0.25) is 4.79 Å². The molecule has 0 saturated carbocycles. The highest BCUT2D eigenvalue weighted by molar-refractivity contribution is 7.16. The van der Waals surface area contributed by atoms with Crippen LogP contribution in [0.15, 0.2) is 57.9 Å². The van der Waals surface area contributed by atoms with Gasteiger partial charge in [-0.2, -0.15) is 4.99 Å². The summed E-state index contributed by atoms with van der Waals surface area (Å²) in [6.07, 6.45) is 0. The lowest BCUT2D eigenvalue weighted by molar-refractivity contribution is 0.0972. The fourth-order valence-electron chi connectivity index (χ4n) is 2.88. The van der Waals surface area contributed by atoms with Crippen molar-refractivity contribution in [3.05, 3.63) is 64.9 Å². The minimum absolute atomic E-state index is 0.177. The van der Waals surface area contributed by atoms with Crippen LogP contribution in [0.4, 0.5) is 4.39 Å². The zero-order chi connectivity index (χ0) is 18.8. The van der Waals surface area contributed by atoms with Crippen LogP contribution in [0, 0.1) is 5.82 Å². The third-order valence-corrected chi connectivity index (χ3v) is 5.18. The van der Waals surface area contributed by atoms with Crippen LogP contribution in [0.1, 0.15) is 17.5 Å². The molecule has 0 spiro atoms. The lowest BCUT2D eigenvalue weighted by atomic mass is 10.2. The molecule has 5 nitrogen and oxygen atoms in total. The Hall–Kier alpha value is -2.77. The van der Waals surface area contributed by atoms with Crippen molar-refractivity contribution in [2.24, 2.45) is 4.99 Å². The van der Waals surface area contributed by atoms with Gasteiger partial charge in [0.25, 0.3) is 0 Å². The van der Waals surface area contributed by atoms with Crippen LogP contribution in [0.5, 0.6) is 0 Å². The Bertz CT molecular complexity index is 1160. The van der Waals surface area contributed by atoms with E-state index in [9.17, 15) is 9.18 Å². The Balaban J connectivity index is 1.78. The summed E-state index contributed by atoms with van der Waals surface area (Å²) in [6.45, 7) is 3.52. The Morgan fingerprint density at radius 3 is 2.93 bits per heavy atom. The summed E-state index contributed by atoms with van der Waals surface area (Å²) in [5, 5.41) is 0.846. The van der Waals surface area contributed by atoms with Gasteiger partial charge in [0, 0.05) is 18.5 Å². The van der Waals surface area contributed by atoms with Crippen molar-refractivity contribution in [2.75, 3.05) is 13.2 Å². The molecule has 7 heteroatoms. The molecule has 0 aliphatic rings. The van der Waals surface area contributed by atoms with E-state index in [0.29, 0.717) is 30.1 Å². The number of nitrogens with zero attached hydrogens (tertiary/aromatic N) is 2. The molecule has 4 rings (SSSR count). The molecule has 0 aliphatic carbocycles. The molecule has 27 heavy (non-hydrogen) atoms. The van der Waals surface area contributed by atoms with E-state index < -0.39 is 5.91 Å². The zero-order valence-corrected chi connectivity index (χ0v) is 15.5. The Kier molecular flexibility index (Phi) is 4.87. The largest absolute Gasteiger partial charge is 0.451 e. The standard InChI is InChI=1S/C20H17FN2O3S/c1-2-25-10-9-23-15-8-7-14(21)12-18(15)27-20(23)22-19(24)17-11-13-5-3-4-6-16(13)26-17/h3-8,11-12H,2,9-10H2,1H3. The number of benzene rings is 2. The molecule has 0 radical (unpaired) electrons. The third-order valence-electron chi connectivity index (χ3n) is 4.14. The summed E-state index contributed by atoms with van der Waals surface area (Å²) in [5.41, 5.74) is 1.45. The van der Waals surface area contributed by atoms with Crippen LogP contribution in [-0.4, -0.2) is 23.7 Å². The van der Waals surface area contributed by atoms with Crippen LogP contribution in [0.3, 0.4) is 0 Å². The average Bonchev–Trinajstić information content (AvgIpc) is 3.23. The monoisotopic (exact) mass is 384 g/mol. The van der Waals surface area contributed by atoms with Gasteiger partial charge in [-0.05, 0) is 37.3 Å². The Morgan fingerprint density at radius 1 is 1.26 bits per heavy atom. The second-order valence-corrected chi connectivity index (χ2v) is 6.92. The van der Waals surface area contributed by atoms with Gasteiger partial charge in [0.15, 0.2) is 10.6 Å². The number of carbonyl (C=O) groups excluding carboxylic acids is 1. The first-order valence-electron chi connectivity index (χ1n) is 8.60. The SMILES string of the molecule is CCOCCn1c(=NC(=O)c2cc3ccccc3o2)sc2cc(F)ccc21. The number of furan rings is 1. The van der Waals surface area contributed by atoms with Crippen molar-refractivity contribution >= 4 is 38.4 Å². The van der Waals surface area contributed by atoms with E-state index in [4.69, 9.17) is 9.15 Å². The first-order chi connectivity index (χ1) is 13.2. The summed E-state index contributed by atoms with van der Waals surface area (Å²) in [5.74, 6) is -0.615. The van der Waals surface area contributed by atoms with E-state index in [1.165, 1.54) is 23.5 Å². The second kappa shape index (κ2) is 7.46. The molecule has 2 heterocycles. The number of carbonyl (C=O) groups is 1. The van der Waals surface area contributed by atoms with Crippen molar-refractivity contribution in [3.8, 4) is 0 Å². The number of amides is 1. The molecular formula is C20H17FN2O3S. The smallest absolute Gasteiger partial charge is 0.315 e. The van der Waals surface area contributed by atoms with Crippen LogP contribution >= 0.6 is 11.3 Å². The van der Waals surface area contributed by atoms with Crippen LogP contribution < -0.4 is 4.80 Å². The number of thiazole rings is 1. The molecule has 0 atom stereocenters. The molecule has 0 fully saturated rings. The van der Waals surface area contributed by atoms with Crippen LogP contribution in [-0.2, 0) is 11.3 Å². The second-order valence-electron chi connectivity index (χ2n) is 5.91. The van der Waals surface area contributed by atoms with Gasteiger partial charge in [-0.1, -0.05) is 29.5 Å². The Labute approximate surface area is 158 Å². The van der Waals surface area contributed by atoms with Crippen LogP contribution in [0.2, 0.25) is 0 Å². The number of rotatable bonds is 5. The van der Waals surface area contributed by atoms with Crippen molar-refractivity contribution < 1.29 is 18.3 Å². The number of ether oxygens (including phenoxy) is 1. The highest BCUT2D eigenvalue weighted by Crippen LogP contribution is 2.21. The maximum atomic E-state index is 13.6. The summed E-state index contributed by atoms with van der Waals surface area (Å²) in [7, 11) is 0. The first kappa shape index (κ1) is 17.6. The van der Waals surface area contributed by atoms with Gasteiger partial charge in [-0.15, -0.1) is 0 Å². The lowest BCUT2D eigenvalue weighted by Crippen LogP contribution is -2.19. The molecule has 138 valence electrons. The number of fused-ring (bicyclic) bond motifs is 2. The van der Waals surface area contributed by atoms with E-state index in [0.717, 1.165) is 15.6 Å². The normalized spacial score (nSPS) is 12.3. The predicted molar refractivity (Wildman–Crippen MR) is 102 cm³/mol. The van der Waals surface area contributed by atoms with E-state index in [2.05, 4.69) is 4.99 Å². The zero-order valence-electron chi connectivity index (χ0n) is 14.6. The molecule has 0 saturated heterocycles. The van der Waals surface area contributed by atoms with Gasteiger partial charge in [0.2, 0.25) is 0 Å². The van der Waals surface area contributed by atoms with Crippen molar-refractivity contribution in [3.63, 3.8) is 0 Å².